The summed E-state index contributed by atoms with van der Waals surface area (Å²) in [6.07, 6.45) is 0. The molecule has 1 amide bonds. The average Bonchev–Trinajstić information content (AvgIpc) is 3.10. The summed E-state index contributed by atoms with van der Waals surface area (Å²) in [6.45, 7) is 1.43. The van der Waals surface area contributed by atoms with Crippen molar-refractivity contribution in [2.24, 2.45) is 0 Å². The predicted molar refractivity (Wildman–Crippen MR) is 121 cm³/mol. The van der Waals surface area contributed by atoms with Crippen LogP contribution in [0.4, 0.5) is 10.1 Å². The van der Waals surface area contributed by atoms with Gasteiger partial charge < -0.3 is 5.32 Å². The molecule has 0 radical (unpaired) electrons. The van der Waals surface area contributed by atoms with Crippen molar-refractivity contribution in [1.29, 1.82) is 0 Å². The monoisotopic (exact) mass is 477 g/mol. The maximum absolute atomic E-state index is 13.7. The van der Waals surface area contributed by atoms with Gasteiger partial charge in [-0.15, -0.1) is 11.3 Å². The van der Waals surface area contributed by atoms with E-state index in [0.717, 1.165) is 15.5 Å². The molecule has 0 aliphatic rings. The van der Waals surface area contributed by atoms with Gasteiger partial charge in [0.2, 0.25) is 5.91 Å². The molecular weight excluding hydrogens is 464 g/mol. The first kappa shape index (κ1) is 21.3. The van der Waals surface area contributed by atoms with Gasteiger partial charge in [-0.05, 0) is 49.4 Å². The van der Waals surface area contributed by atoms with Gasteiger partial charge in [-0.3, -0.25) is 14.2 Å². The third-order valence-electron chi connectivity index (χ3n) is 4.51. The van der Waals surface area contributed by atoms with E-state index >= 15 is 0 Å². The molecule has 6 nitrogen and oxygen atoms in total. The highest BCUT2D eigenvalue weighted by atomic mass is 35.5. The van der Waals surface area contributed by atoms with Crippen LogP contribution in [0.15, 0.2) is 58.1 Å². The second-order valence-electron chi connectivity index (χ2n) is 6.74. The Bertz CT molecular complexity index is 1460. The smallest absolute Gasteiger partial charge is 0.324 e. The Hall–Kier alpha value is -2.94. The van der Waals surface area contributed by atoms with Crippen molar-refractivity contribution in [2.45, 2.75) is 13.5 Å². The number of nitrogens with one attached hydrogen (secondary N) is 1. The number of nitrogens with zero attached hydrogens (tertiary/aromatic N) is 2. The quantitative estimate of drug-likeness (QED) is 0.466. The molecule has 158 valence electrons. The van der Waals surface area contributed by atoms with Crippen molar-refractivity contribution in [1.82, 2.24) is 9.13 Å². The molecule has 2 heterocycles. The van der Waals surface area contributed by atoms with Crippen molar-refractivity contribution in [3.63, 3.8) is 0 Å². The van der Waals surface area contributed by atoms with Crippen LogP contribution in [0.25, 0.3) is 15.9 Å². The first-order valence-corrected chi connectivity index (χ1v) is 10.6. The fourth-order valence-electron chi connectivity index (χ4n) is 3.17. The normalized spacial score (nSPS) is 11.1. The number of anilines is 1. The van der Waals surface area contributed by atoms with Gasteiger partial charge in [-0.1, -0.05) is 29.3 Å². The second-order valence-corrected chi connectivity index (χ2v) is 8.82. The summed E-state index contributed by atoms with van der Waals surface area (Å²) >= 11 is 12.9. The van der Waals surface area contributed by atoms with Gasteiger partial charge in [0.25, 0.3) is 5.56 Å². The van der Waals surface area contributed by atoms with Crippen molar-refractivity contribution in [2.75, 3.05) is 5.32 Å². The zero-order valence-corrected chi connectivity index (χ0v) is 18.3. The van der Waals surface area contributed by atoms with E-state index in [4.69, 9.17) is 23.2 Å². The number of aromatic nitrogens is 2. The summed E-state index contributed by atoms with van der Waals surface area (Å²) < 4.78 is 15.9. The Balaban J connectivity index is 1.81. The minimum Gasteiger partial charge on any atom is -0.324 e. The second kappa shape index (κ2) is 8.30. The molecule has 31 heavy (non-hydrogen) atoms. The molecule has 0 saturated heterocycles. The Kier molecular flexibility index (Phi) is 5.70. The number of aryl methyl sites for hydroxylation is 1. The van der Waals surface area contributed by atoms with Crippen LogP contribution in [0, 0.1) is 12.7 Å². The van der Waals surface area contributed by atoms with Gasteiger partial charge in [-0.2, -0.15) is 0 Å². The maximum atomic E-state index is 13.7. The lowest BCUT2D eigenvalue weighted by Crippen LogP contribution is -2.40. The number of fused-ring (bicyclic) bond motifs is 1. The van der Waals surface area contributed by atoms with Crippen LogP contribution in [0.3, 0.4) is 0 Å². The van der Waals surface area contributed by atoms with Crippen molar-refractivity contribution < 1.29 is 9.18 Å². The first-order chi connectivity index (χ1) is 14.7. The Labute approximate surface area is 189 Å². The fraction of sp³-hybridized carbons (Fsp3) is 0.0952. The third-order valence-corrected chi connectivity index (χ3v) is 6.12. The van der Waals surface area contributed by atoms with Gasteiger partial charge in [0.1, 0.15) is 17.2 Å². The molecule has 0 unspecified atom stereocenters. The van der Waals surface area contributed by atoms with E-state index in [1.165, 1.54) is 34.1 Å². The molecule has 0 aliphatic carbocycles. The largest absolute Gasteiger partial charge is 0.337 e. The average molecular weight is 478 g/mol. The number of carbonyl (C=O) groups is 1. The van der Waals surface area contributed by atoms with Crippen LogP contribution in [0.5, 0.6) is 0 Å². The van der Waals surface area contributed by atoms with Crippen molar-refractivity contribution in [3.8, 4) is 5.69 Å². The summed E-state index contributed by atoms with van der Waals surface area (Å²) in [6, 6.07) is 11.9. The molecule has 10 heteroatoms. The fourth-order valence-corrected chi connectivity index (χ4v) is 4.46. The summed E-state index contributed by atoms with van der Waals surface area (Å²) in [7, 11) is 0. The number of halogens is 3. The molecule has 0 bridgehead atoms. The number of hydrogen-bond acceptors (Lipinski definition) is 4. The standard InChI is InChI=1S/C21H14Cl2FN3O3S/c1-11-7-15-19(29)27(14-4-2-3-12(22)8-14)21(30)26(20(15)31-11)10-18(28)25-13-5-6-16(23)17(24)9-13/h2-9H,10H2,1H3,(H,25,28). The van der Waals surface area contributed by atoms with Crippen LogP contribution in [0.2, 0.25) is 10.0 Å². The maximum Gasteiger partial charge on any atom is 0.337 e. The zero-order valence-electron chi connectivity index (χ0n) is 16.0. The molecule has 0 saturated carbocycles. The van der Waals surface area contributed by atoms with E-state index in [0.29, 0.717) is 20.9 Å². The molecule has 2 aromatic carbocycles. The van der Waals surface area contributed by atoms with E-state index in [2.05, 4.69) is 5.32 Å². The minimum absolute atomic E-state index is 0.0708. The highest BCUT2D eigenvalue weighted by Crippen LogP contribution is 2.23. The number of hydrogen-bond donors (Lipinski definition) is 1. The van der Waals surface area contributed by atoms with Crippen LogP contribution >= 0.6 is 34.5 Å². The number of thiophene rings is 1. The molecule has 4 aromatic rings. The van der Waals surface area contributed by atoms with E-state index in [-0.39, 0.29) is 17.3 Å². The lowest BCUT2D eigenvalue weighted by Gasteiger charge is -2.12. The number of rotatable bonds is 4. The molecular formula is C21H14Cl2FN3O3S. The van der Waals surface area contributed by atoms with Crippen molar-refractivity contribution >= 4 is 56.3 Å². The molecule has 1 N–H and O–H groups in total. The van der Waals surface area contributed by atoms with E-state index < -0.39 is 23.0 Å². The minimum atomic E-state index is -0.681. The Morgan fingerprint density at radius 3 is 2.61 bits per heavy atom. The molecule has 0 aliphatic heterocycles. The molecule has 2 aromatic heterocycles. The highest BCUT2D eigenvalue weighted by molar-refractivity contribution is 7.18. The topological polar surface area (TPSA) is 73.1 Å². The molecule has 0 spiro atoms. The van der Waals surface area contributed by atoms with Crippen LogP contribution < -0.4 is 16.6 Å². The van der Waals surface area contributed by atoms with Crippen molar-refractivity contribution in [3.05, 3.63) is 90.1 Å². The summed E-state index contributed by atoms with van der Waals surface area (Å²) in [5, 5.41) is 3.14. The number of benzene rings is 2. The van der Waals surface area contributed by atoms with E-state index in [9.17, 15) is 18.8 Å². The third kappa shape index (κ3) is 4.14. The lowest BCUT2D eigenvalue weighted by atomic mass is 10.3. The van der Waals surface area contributed by atoms with Gasteiger partial charge in [0.05, 0.1) is 16.1 Å². The van der Waals surface area contributed by atoms with Gasteiger partial charge >= 0.3 is 5.69 Å². The molecule has 0 atom stereocenters. The van der Waals surface area contributed by atoms with E-state index in [1.54, 1.807) is 31.2 Å². The Morgan fingerprint density at radius 2 is 1.90 bits per heavy atom. The van der Waals surface area contributed by atoms with Crippen LogP contribution in [-0.2, 0) is 11.3 Å². The first-order valence-electron chi connectivity index (χ1n) is 9.01. The van der Waals surface area contributed by atoms with Gasteiger partial charge in [0, 0.05) is 15.6 Å². The predicted octanol–water partition coefficient (Wildman–Crippen LogP) is 4.61. The van der Waals surface area contributed by atoms with Crippen LogP contribution in [-0.4, -0.2) is 15.0 Å². The summed E-state index contributed by atoms with van der Waals surface area (Å²) in [5.41, 5.74) is -0.689. The van der Waals surface area contributed by atoms with Gasteiger partial charge in [0.15, 0.2) is 0 Å². The lowest BCUT2D eigenvalue weighted by molar-refractivity contribution is -0.116. The van der Waals surface area contributed by atoms with Crippen LogP contribution in [0.1, 0.15) is 4.88 Å². The number of carbonyl (C=O) groups excluding carboxylic acids is 1. The molecule has 4 rings (SSSR count). The SMILES string of the molecule is Cc1cc2c(=O)n(-c3cccc(Cl)c3)c(=O)n(CC(=O)Nc3ccc(Cl)c(F)c3)c2s1. The summed E-state index contributed by atoms with van der Waals surface area (Å²) in [4.78, 5) is 40.1. The highest BCUT2D eigenvalue weighted by Gasteiger charge is 2.19. The summed E-state index contributed by atoms with van der Waals surface area (Å²) in [5.74, 6) is -1.24. The molecule has 0 fully saturated rings. The number of amides is 1. The van der Waals surface area contributed by atoms with E-state index in [1.807, 2.05) is 0 Å². The zero-order chi connectivity index (χ0) is 22.3. The Morgan fingerprint density at radius 1 is 1.13 bits per heavy atom. The van der Waals surface area contributed by atoms with Gasteiger partial charge in [-0.25, -0.2) is 13.8 Å².